The summed E-state index contributed by atoms with van der Waals surface area (Å²) in [5.41, 5.74) is 7.52. The lowest BCUT2D eigenvalue weighted by Crippen LogP contribution is -2.48. The molecule has 5 N–H and O–H groups in total. The zero-order valence-electron chi connectivity index (χ0n) is 12.5. The van der Waals surface area contributed by atoms with E-state index >= 15 is 0 Å². The Kier molecular flexibility index (Phi) is 6.68. The van der Waals surface area contributed by atoms with E-state index in [1.807, 2.05) is 13.8 Å². The molecule has 0 bridgehead atoms. The lowest BCUT2D eigenvalue weighted by molar-refractivity contribution is -0.121. The number of phenolic OH excluding ortho intramolecular Hbond substituents is 1. The molecule has 1 aromatic carbocycles. The van der Waals surface area contributed by atoms with Crippen LogP contribution < -0.4 is 16.4 Å². The van der Waals surface area contributed by atoms with E-state index in [9.17, 15) is 14.7 Å². The average molecular weight is 293 g/mol. The van der Waals surface area contributed by atoms with Crippen LogP contribution in [0.3, 0.4) is 0 Å². The van der Waals surface area contributed by atoms with Gasteiger partial charge in [-0.25, -0.2) is 4.79 Å². The molecule has 1 atom stereocenters. The predicted molar refractivity (Wildman–Crippen MR) is 81.0 cm³/mol. The van der Waals surface area contributed by atoms with Gasteiger partial charge in [0.2, 0.25) is 5.91 Å². The highest BCUT2D eigenvalue weighted by atomic mass is 16.3. The zero-order valence-corrected chi connectivity index (χ0v) is 12.5. The van der Waals surface area contributed by atoms with Gasteiger partial charge in [-0.15, -0.1) is 0 Å². The lowest BCUT2D eigenvalue weighted by atomic mass is 10.0. The van der Waals surface area contributed by atoms with Crippen molar-refractivity contribution in [1.82, 2.24) is 10.6 Å². The second kappa shape index (κ2) is 8.26. The summed E-state index contributed by atoms with van der Waals surface area (Å²) < 4.78 is 0. The molecule has 3 amide bonds. The van der Waals surface area contributed by atoms with Crippen LogP contribution in [0.4, 0.5) is 4.79 Å². The summed E-state index contributed by atoms with van der Waals surface area (Å²) in [6.07, 6.45) is 2.13. The monoisotopic (exact) mass is 293 g/mol. The molecule has 0 aliphatic heterocycles. The van der Waals surface area contributed by atoms with E-state index in [0.717, 1.165) is 24.0 Å². The van der Waals surface area contributed by atoms with E-state index in [-0.39, 0.29) is 5.75 Å². The maximum atomic E-state index is 11.8. The molecule has 0 fully saturated rings. The molecule has 6 heteroatoms. The molecule has 1 rings (SSSR count). The van der Waals surface area contributed by atoms with Gasteiger partial charge in [-0.3, -0.25) is 10.1 Å². The first-order valence-corrected chi connectivity index (χ1v) is 7.06. The number of unbranched alkanes of at least 4 members (excludes halogenated alkanes) is 1. The van der Waals surface area contributed by atoms with E-state index in [1.165, 1.54) is 0 Å². The predicted octanol–water partition coefficient (Wildman–Crippen LogP) is 1.20. The topological polar surface area (TPSA) is 104 Å². The van der Waals surface area contributed by atoms with Crippen LogP contribution in [-0.4, -0.2) is 29.6 Å². The molecule has 0 aliphatic carbocycles. The number of hydrogen-bond donors (Lipinski definition) is 4. The second-order valence-electron chi connectivity index (χ2n) is 5.02. The SMILES string of the molecule is CCCCNC(=O)NC(=O)[C@@H](N)Cc1ccc(O)cc1C. The van der Waals surface area contributed by atoms with Gasteiger partial charge in [0.05, 0.1) is 6.04 Å². The van der Waals surface area contributed by atoms with E-state index in [0.29, 0.717) is 13.0 Å². The highest BCUT2D eigenvalue weighted by Gasteiger charge is 2.17. The number of hydrogen-bond acceptors (Lipinski definition) is 4. The minimum absolute atomic E-state index is 0.171. The van der Waals surface area contributed by atoms with Crippen molar-refractivity contribution in [1.29, 1.82) is 0 Å². The number of rotatable bonds is 6. The van der Waals surface area contributed by atoms with Gasteiger partial charge < -0.3 is 16.2 Å². The number of carbonyl (C=O) groups is 2. The van der Waals surface area contributed by atoms with E-state index in [4.69, 9.17) is 5.73 Å². The van der Waals surface area contributed by atoms with Crippen LogP contribution in [0.1, 0.15) is 30.9 Å². The molecule has 1 aromatic rings. The summed E-state index contributed by atoms with van der Waals surface area (Å²) >= 11 is 0. The molecule has 0 radical (unpaired) electrons. The number of carbonyl (C=O) groups excluding carboxylic acids is 2. The van der Waals surface area contributed by atoms with Gasteiger partial charge >= 0.3 is 6.03 Å². The summed E-state index contributed by atoms with van der Waals surface area (Å²) in [4.78, 5) is 23.3. The normalized spacial score (nSPS) is 11.8. The summed E-state index contributed by atoms with van der Waals surface area (Å²) in [6.45, 7) is 4.37. The van der Waals surface area contributed by atoms with Gasteiger partial charge in [-0.2, -0.15) is 0 Å². The number of aryl methyl sites for hydroxylation is 1. The van der Waals surface area contributed by atoms with Crippen LogP contribution in [0.25, 0.3) is 0 Å². The largest absolute Gasteiger partial charge is 0.508 e. The van der Waals surface area contributed by atoms with Gasteiger partial charge in [0.15, 0.2) is 0 Å². The third-order valence-corrected chi connectivity index (χ3v) is 3.16. The first-order valence-electron chi connectivity index (χ1n) is 7.06. The molecule has 6 nitrogen and oxygen atoms in total. The molecular formula is C15H23N3O3. The lowest BCUT2D eigenvalue weighted by Gasteiger charge is -2.13. The minimum atomic E-state index is -0.815. The quantitative estimate of drug-likeness (QED) is 0.591. The number of phenols is 1. The first-order chi connectivity index (χ1) is 9.93. The first kappa shape index (κ1) is 17.0. The Morgan fingerprint density at radius 2 is 2.10 bits per heavy atom. The highest BCUT2D eigenvalue weighted by Crippen LogP contribution is 2.16. The van der Waals surface area contributed by atoms with Crippen LogP contribution in [0, 0.1) is 6.92 Å². The number of aromatic hydroxyl groups is 1. The van der Waals surface area contributed by atoms with Crippen molar-refractivity contribution >= 4 is 11.9 Å². The Morgan fingerprint density at radius 1 is 1.38 bits per heavy atom. The average Bonchev–Trinajstić information content (AvgIpc) is 2.42. The molecule has 0 unspecified atom stereocenters. The Labute approximate surface area is 124 Å². The van der Waals surface area contributed by atoms with Crippen molar-refractivity contribution in [3.8, 4) is 5.75 Å². The van der Waals surface area contributed by atoms with Crippen molar-refractivity contribution in [2.75, 3.05) is 6.54 Å². The second-order valence-corrected chi connectivity index (χ2v) is 5.02. The maximum absolute atomic E-state index is 11.8. The molecule has 0 heterocycles. The number of nitrogens with one attached hydrogen (secondary N) is 2. The Hall–Kier alpha value is -2.08. The number of benzene rings is 1. The molecule has 0 aromatic heterocycles. The Bertz CT molecular complexity index is 503. The van der Waals surface area contributed by atoms with Crippen LogP contribution in [0.5, 0.6) is 5.75 Å². The number of amides is 3. The van der Waals surface area contributed by atoms with E-state index < -0.39 is 18.0 Å². The summed E-state index contributed by atoms with van der Waals surface area (Å²) in [6, 6.07) is 3.54. The van der Waals surface area contributed by atoms with Crippen LogP contribution in [0.2, 0.25) is 0 Å². The summed E-state index contributed by atoms with van der Waals surface area (Å²) in [7, 11) is 0. The van der Waals surface area contributed by atoms with Crippen molar-refractivity contribution in [2.45, 2.75) is 39.2 Å². The third-order valence-electron chi connectivity index (χ3n) is 3.16. The molecule has 0 aliphatic rings. The van der Waals surface area contributed by atoms with Crippen molar-refractivity contribution in [2.24, 2.45) is 5.73 Å². The summed E-state index contributed by atoms with van der Waals surface area (Å²) in [5.74, 6) is -0.346. The molecular weight excluding hydrogens is 270 g/mol. The van der Waals surface area contributed by atoms with E-state index in [2.05, 4.69) is 10.6 Å². The fourth-order valence-electron chi connectivity index (χ4n) is 1.87. The molecule has 21 heavy (non-hydrogen) atoms. The fourth-order valence-corrected chi connectivity index (χ4v) is 1.87. The van der Waals surface area contributed by atoms with Gasteiger partial charge in [0.25, 0.3) is 0 Å². The van der Waals surface area contributed by atoms with Gasteiger partial charge in [-0.05, 0) is 43.0 Å². The Morgan fingerprint density at radius 3 is 2.71 bits per heavy atom. The molecule has 116 valence electrons. The van der Waals surface area contributed by atoms with Crippen molar-refractivity contribution in [3.63, 3.8) is 0 Å². The number of nitrogens with two attached hydrogens (primary N) is 1. The number of imide groups is 1. The van der Waals surface area contributed by atoms with Crippen LogP contribution >= 0.6 is 0 Å². The van der Waals surface area contributed by atoms with Gasteiger partial charge in [0.1, 0.15) is 5.75 Å². The fraction of sp³-hybridized carbons (Fsp3) is 0.467. The van der Waals surface area contributed by atoms with Crippen LogP contribution in [0.15, 0.2) is 18.2 Å². The maximum Gasteiger partial charge on any atom is 0.321 e. The molecule has 0 spiro atoms. The molecule has 0 saturated carbocycles. The van der Waals surface area contributed by atoms with Gasteiger partial charge in [0, 0.05) is 6.54 Å². The van der Waals surface area contributed by atoms with Crippen molar-refractivity contribution in [3.05, 3.63) is 29.3 Å². The zero-order chi connectivity index (χ0) is 15.8. The third kappa shape index (κ3) is 5.83. The number of urea groups is 1. The Balaban J connectivity index is 2.49. The highest BCUT2D eigenvalue weighted by molar-refractivity contribution is 5.97. The summed E-state index contributed by atoms with van der Waals surface area (Å²) in [5, 5.41) is 14.2. The van der Waals surface area contributed by atoms with Crippen LogP contribution in [-0.2, 0) is 11.2 Å². The standard InChI is InChI=1S/C15H23N3O3/c1-3-4-7-17-15(21)18-14(20)13(16)9-11-5-6-12(19)8-10(11)2/h5-6,8,13,19H,3-4,7,9,16H2,1-2H3,(H2,17,18,20,21)/t13-/m0/s1. The van der Waals surface area contributed by atoms with Gasteiger partial charge in [-0.1, -0.05) is 19.4 Å². The minimum Gasteiger partial charge on any atom is -0.508 e. The van der Waals surface area contributed by atoms with Crippen molar-refractivity contribution < 1.29 is 14.7 Å². The smallest absolute Gasteiger partial charge is 0.321 e. The molecule has 0 saturated heterocycles. The van der Waals surface area contributed by atoms with E-state index in [1.54, 1.807) is 18.2 Å².